The Balaban J connectivity index is 1.67. The van der Waals surface area contributed by atoms with Gasteiger partial charge in [-0.05, 0) is 50.5 Å². The fraction of sp³-hybridized carbons (Fsp3) is 0.368. The molecule has 0 bridgehead atoms. The summed E-state index contributed by atoms with van der Waals surface area (Å²) in [7, 11) is -3.97. The first kappa shape index (κ1) is 21.4. The van der Waals surface area contributed by atoms with E-state index in [9.17, 15) is 27.3 Å². The van der Waals surface area contributed by atoms with E-state index in [4.69, 9.17) is 0 Å². The van der Waals surface area contributed by atoms with Crippen LogP contribution in [0.4, 0.5) is 13.8 Å². The topological polar surface area (TPSA) is 90.3 Å². The third-order valence-electron chi connectivity index (χ3n) is 5.09. The van der Waals surface area contributed by atoms with Gasteiger partial charge in [-0.25, -0.2) is 17.2 Å². The van der Waals surface area contributed by atoms with Crippen molar-refractivity contribution in [3.8, 4) is 6.07 Å². The Morgan fingerprint density at radius 3 is 2.48 bits per heavy atom. The van der Waals surface area contributed by atoms with Gasteiger partial charge in [-0.3, -0.25) is 4.79 Å². The molecular weight excluding hydrogens is 420 g/mol. The molecule has 0 atom stereocenters. The van der Waals surface area contributed by atoms with Crippen molar-refractivity contribution in [1.82, 2.24) is 4.31 Å². The van der Waals surface area contributed by atoms with Crippen LogP contribution in [0.5, 0.6) is 0 Å². The van der Waals surface area contributed by atoms with E-state index in [0.29, 0.717) is 29.5 Å². The minimum atomic E-state index is -3.97. The highest BCUT2D eigenvalue weighted by atomic mass is 32.2. The van der Waals surface area contributed by atoms with Gasteiger partial charge >= 0.3 is 0 Å². The van der Waals surface area contributed by atoms with Gasteiger partial charge in [0.05, 0.1) is 10.5 Å². The summed E-state index contributed by atoms with van der Waals surface area (Å²) < 4.78 is 53.0. The fourth-order valence-electron chi connectivity index (χ4n) is 3.21. The molecular formula is C19H19F2N3O3S2. The summed E-state index contributed by atoms with van der Waals surface area (Å²) in [6, 6.07) is 4.56. The highest BCUT2D eigenvalue weighted by Crippen LogP contribution is 2.33. The Kier molecular flexibility index (Phi) is 6.03. The molecule has 0 aliphatic carbocycles. The third kappa shape index (κ3) is 4.17. The van der Waals surface area contributed by atoms with Gasteiger partial charge < -0.3 is 5.32 Å². The summed E-state index contributed by atoms with van der Waals surface area (Å²) >= 11 is 1.34. The number of benzene rings is 1. The Bertz CT molecular complexity index is 1100. The molecule has 10 heteroatoms. The van der Waals surface area contributed by atoms with Gasteiger partial charge in [0.25, 0.3) is 0 Å². The van der Waals surface area contributed by atoms with E-state index < -0.39 is 27.6 Å². The average Bonchev–Trinajstić information content (AvgIpc) is 2.96. The SMILES string of the molecule is Cc1sc(NC(=O)C2CCN(S(=O)(=O)c3ccc(F)c(F)c3)CC2)c(C#N)c1C. The van der Waals surface area contributed by atoms with Crippen molar-refractivity contribution < 1.29 is 22.0 Å². The summed E-state index contributed by atoms with van der Waals surface area (Å²) in [5, 5.41) is 12.6. The maximum atomic E-state index is 13.4. The molecule has 0 spiro atoms. The molecule has 1 aliphatic heterocycles. The Hall–Kier alpha value is -2.35. The largest absolute Gasteiger partial charge is 0.316 e. The lowest BCUT2D eigenvalue weighted by molar-refractivity contribution is -0.120. The van der Waals surface area contributed by atoms with Crippen LogP contribution in [0, 0.1) is 42.7 Å². The zero-order valence-corrected chi connectivity index (χ0v) is 17.5. The van der Waals surface area contributed by atoms with Crippen LogP contribution in [0.1, 0.15) is 28.8 Å². The van der Waals surface area contributed by atoms with Crippen LogP contribution in [-0.2, 0) is 14.8 Å². The van der Waals surface area contributed by atoms with Crippen LogP contribution >= 0.6 is 11.3 Å². The van der Waals surface area contributed by atoms with Crippen LogP contribution in [0.15, 0.2) is 23.1 Å². The number of nitriles is 1. The van der Waals surface area contributed by atoms with Crippen molar-refractivity contribution in [2.75, 3.05) is 18.4 Å². The van der Waals surface area contributed by atoms with E-state index in [0.717, 1.165) is 22.6 Å². The van der Waals surface area contributed by atoms with Crippen molar-refractivity contribution in [3.05, 3.63) is 45.8 Å². The Morgan fingerprint density at radius 2 is 1.90 bits per heavy atom. The van der Waals surface area contributed by atoms with Gasteiger partial charge in [-0.15, -0.1) is 11.3 Å². The molecule has 1 aromatic heterocycles. The van der Waals surface area contributed by atoms with E-state index in [1.54, 1.807) is 0 Å². The lowest BCUT2D eigenvalue weighted by Crippen LogP contribution is -2.41. The molecule has 2 aromatic rings. The highest BCUT2D eigenvalue weighted by Gasteiger charge is 2.33. The van der Waals surface area contributed by atoms with E-state index in [1.165, 1.54) is 15.6 Å². The molecule has 1 saturated heterocycles. The molecule has 0 radical (unpaired) electrons. The summed E-state index contributed by atoms with van der Waals surface area (Å²) in [6.45, 7) is 3.87. The van der Waals surface area contributed by atoms with E-state index >= 15 is 0 Å². The first-order valence-corrected chi connectivity index (χ1v) is 11.2. The number of nitrogens with one attached hydrogen (secondary N) is 1. The molecule has 3 rings (SSSR count). The van der Waals surface area contributed by atoms with Crippen LogP contribution in [0.2, 0.25) is 0 Å². The summed E-state index contributed by atoms with van der Waals surface area (Å²) in [4.78, 5) is 13.2. The summed E-state index contributed by atoms with van der Waals surface area (Å²) in [5.74, 6) is -3.00. The maximum Gasteiger partial charge on any atom is 0.243 e. The number of carbonyl (C=O) groups is 1. The Morgan fingerprint density at radius 1 is 1.24 bits per heavy atom. The van der Waals surface area contributed by atoms with Gasteiger partial charge in [0.15, 0.2) is 11.6 Å². The van der Waals surface area contributed by atoms with Crippen molar-refractivity contribution >= 4 is 32.3 Å². The van der Waals surface area contributed by atoms with Crippen molar-refractivity contribution in [3.63, 3.8) is 0 Å². The second-order valence-electron chi connectivity index (χ2n) is 6.84. The molecule has 1 fully saturated rings. The zero-order chi connectivity index (χ0) is 21.3. The number of nitrogens with zero attached hydrogens (tertiary/aromatic N) is 2. The number of hydrogen-bond donors (Lipinski definition) is 1. The highest BCUT2D eigenvalue weighted by molar-refractivity contribution is 7.89. The lowest BCUT2D eigenvalue weighted by atomic mass is 9.97. The molecule has 2 heterocycles. The van der Waals surface area contributed by atoms with Crippen molar-refractivity contribution in [1.29, 1.82) is 5.26 Å². The number of piperidine rings is 1. The maximum absolute atomic E-state index is 13.4. The molecule has 1 aromatic carbocycles. The summed E-state index contributed by atoms with van der Waals surface area (Å²) in [5.41, 5.74) is 1.28. The molecule has 6 nitrogen and oxygen atoms in total. The molecule has 29 heavy (non-hydrogen) atoms. The standard InChI is InChI=1S/C19H19F2N3O3S2/c1-11-12(2)28-19(15(11)10-22)23-18(25)13-5-7-24(8-6-13)29(26,27)14-3-4-16(20)17(21)9-14/h3-4,9,13H,5-8H2,1-2H3,(H,23,25). The molecule has 1 N–H and O–H groups in total. The first-order chi connectivity index (χ1) is 13.6. The molecule has 1 amide bonds. The number of hydrogen-bond acceptors (Lipinski definition) is 5. The van der Waals surface area contributed by atoms with Gasteiger partial charge in [0.2, 0.25) is 15.9 Å². The van der Waals surface area contributed by atoms with Crippen molar-refractivity contribution in [2.45, 2.75) is 31.6 Å². The number of halogens is 2. The normalized spacial score (nSPS) is 15.8. The van der Waals surface area contributed by atoms with Crippen LogP contribution in [0.3, 0.4) is 0 Å². The van der Waals surface area contributed by atoms with E-state index in [1.807, 2.05) is 13.8 Å². The second-order valence-corrected chi connectivity index (χ2v) is 10.0. The minimum absolute atomic E-state index is 0.0903. The molecule has 154 valence electrons. The molecule has 0 saturated carbocycles. The van der Waals surface area contributed by atoms with Crippen LogP contribution in [-0.4, -0.2) is 31.7 Å². The van der Waals surface area contributed by atoms with Gasteiger partial charge in [-0.2, -0.15) is 9.57 Å². The average molecular weight is 440 g/mol. The smallest absolute Gasteiger partial charge is 0.243 e. The fourth-order valence-corrected chi connectivity index (χ4v) is 5.70. The van der Waals surface area contributed by atoms with E-state index in [2.05, 4.69) is 11.4 Å². The molecule has 1 aliphatic rings. The monoisotopic (exact) mass is 439 g/mol. The van der Waals surface area contributed by atoms with Gasteiger partial charge in [0, 0.05) is 23.9 Å². The predicted molar refractivity (Wildman–Crippen MR) is 105 cm³/mol. The lowest BCUT2D eigenvalue weighted by Gasteiger charge is -2.30. The number of amides is 1. The predicted octanol–water partition coefficient (Wildman–Crippen LogP) is 3.55. The van der Waals surface area contributed by atoms with Crippen LogP contribution in [0.25, 0.3) is 0 Å². The number of sulfonamides is 1. The first-order valence-electron chi connectivity index (χ1n) is 8.91. The quantitative estimate of drug-likeness (QED) is 0.789. The number of aryl methyl sites for hydroxylation is 1. The molecule has 0 unspecified atom stereocenters. The number of rotatable bonds is 4. The van der Waals surface area contributed by atoms with E-state index in [-0.39, 0.29) is 23.9 Å². The Labute approximate surface area is 171 Å². The minimum Gasteiger partial charge on any atom is -0.316 e. The van der Waals surface area contributed by atoms with Gasteiger partial charge in [0.1, 0.15) is 11.1 Å². The zero-order valence-electron chi connectivity index (χ0n) is 15.8. The number of carbonyl (C=O) groups excluding carboxylic acids is 1. The van der Waals surface area contributed by atoms with Gasteiger partial charge in [-0.1, -0.05) is 0 Å². The van der Waals surface area contributed by atoms with Crippen molar-refractivity contribution in [2.24, 2.45) is 5.92 Å². The van der Waals surface area contributed by atoms with Crippen LogP contribution < -0.4 is 5.32 Å². The summed E-state index contributed by atoms with van der Waals surface area (Å²) in [6.07, 6.45) is 0.583. The second kappa shape index (κ2) is 8.18. The number of thiophene rings is 1. The third-order valence-corrected chi connectivity index (χ3v) is 8.10. The number of anilines is 1.